The zero-order valence-corrected chi connectivity index (χ0v) is 14.3. The molecular formula is C18H15N5OS. The number of carbonyl (C=O) groups is 1. The molecule has 0 aliphatic carbocycles. The molecule has 0 aliphatic heterocycles. The number of ketones is 1. The SMILES string of the molecule is Cc1ccccc1-n1nnnc1SCC(=O)C(C#N)c1ccccc1. The molecule has 1 atom stereocenters. The van der Waals surface area contributed by atoms with Gasteiger partial charge in [-0.1, -0.05) is 60.3 Å². The number of aryl methyl sites for hydroxylation is 1. The van der Waals surface area contributed by atoms with Crippen molar-refractivity contribution in [3.63, 3.8) is 0 Å². The van der Waals surface area contributed by atoms with E-state index in [0.717, 1.165) is 11.3 Å². The Morgan fingerprint density at radius 1 is 1.20 bits per heavy atom. The summed E-state index contributed by atoms with van der Waals surface area (Å²) in [5, 5.41) is 21.6. The molecule has 0 spiro atoms. The van der Waals surface area contributed by atoms with Crippen LogP contribution in [0.5, 0.6) is 0 Å². The van der Waals surface area contributed by atoms with Gasteiger partial charge in [0.1, 0.15) is 5.92 Å². The molecule has 0 aliphatic rings. The number of Topliss-reactive ketones (excluding diaryl/α,β-unsaturated/α-hetero) is 1. The van der Waals surface area contributed by atoms with E-state index in [1.807, 2.05) is 49.4 Å². The molecule has 0 bridgehead atoms. The zero-order valence-electron chi connectivity index (χ0n) is 13.5. The van der Waals surface area contributed by atoms with E-state index < -0.39 is 5.92 Å². The molecule has 1 unspecified atom stereocenters. The Morgan fingerprint density at radius 2 is 1.92 bits per heavy atom. The molecule has 7 heteroatoms. The van der Waals surface area contributed by atoms with Gasteiger partial charge in [0.25, 0.3) is 0 Å². The van der Waals surface area contributed by atoms with Crippen LogP contribution < -0.4 is 0 Å². The van der Waals surface area contributed by atoms with Gasteiger partial charge in [-0.2, -0.15) is 9.94 Å². The van der Waals surface area contributed by atoms with Crippen molar-refractivity contribution in [2.24, 2.45) is 0 Å². The largest absolute Gasteiger partial charge is 0.297 e. The number of hydrogen-bond acceptors (Lipinski definition) is 6. The van der Waals surface area contributed by atoms with E-state index in [0.29, 0.717) is 10.7 Å². The minimum absolute atomic E-state index is 0.124. The molecule has 1 heterocycles. The minimum Gasteiger partial charge on any atom is -0.297 e. The van der Waals surface area contributed by atoms with Crippen LogP contribution in [-0.2, 0) is 4.79 Å². The van der Waals surface area contributed by atoms with Gasteiger partial charge in [0, 0.05) is 0 Å². The Balaban J connectivity index is 1.75. The Hall–Kier alpha value is -2.98. The van der Waals surface area contributed by atoms with Crippen molar-refractivity contribution in [1.82, 2.24) is 20.2 Å². The lowest BCUT2D eigenvalue weighted by atomic mass is 9.97. The number of nitrogens with zero attached hydrogens (tertiary/aromatic N) is 5. The van der Waals surface area contributed by atoms with Crippen molar-refractivity contribution in [3.05, 3.63) is 65.7 Å². The van der Waals surface area contributed by atoms with Crippen molar-refractivity contribution >= 4 is 17.5 Å². The van der Waals surface area contributed by atoms with Gasteiger partial charge in [0.05, 0.1) is 17.5 Å². The van der Waals surface area contributed by atoms with Crippen LogP contribution in [0.3, 0.4) is 0 Å². The summed E-state index contributed by atoms with van der Waals surface area (Å²) >= 11 is 1.23. The quantitative estimate of drug-likeness (QED) is 0.636. The summed E-state index contributed by atoms with van der Waals surface area (Å²) in [7, 11) is 0. The maximum atomic E-state index is 12.5. The monoisotopic (exact) mass is 349 g/mol. The molecule has 0 fully saturated rings. The van der Waals surface area contributed by atoms with E-state index in [2.05, 4.69) is 21.6 Å². The second-order valence-corrected chi connectivity index (χ2v) is 6.33. The van der Waals surface area contributed by atoms with Crippen LogP contribution in [0, 0.1) is 18.3 Å². The van der Waals surface area contributed by atoms with Crippen LogP contribution in [0.25, 0.3) is 5.69 Å². The maximum Gasteiger partial charge on any atom is 0.214 e. The first-order chi connectivity index (χ1) is 12.2. The highest BCUT2D eigenvalue weighted by Gasteiger charge is 2.21. The van der Waals surface area contributed by atoms with E-state index in [1.54, 1.807) is 16.8 Å². The van der Waals surface area contributed by atoms with Gasteiger partial charge in [0.15, 0.2) is 5.78 Å². The summed E-state index contributed by atoms with van der Waals surface area (Å²) in [6, 6.07) is 18.9. The molecular weight excluding hydrogens is 334 g/mol. The highest BCUT2D eigenvalue weighted by molar-refractivity contribution is 7.99. The summed E-state index contributed by atoms with van der Waals surface area (Å²) in [4.78, 5) is 12.5. The van der Waals surface area contributed by atoms with Gasteiger partial charge in [-0.3, -0.25) is 4.79 Å². The second kappa shape index (κ2) is 7.73. The summed E-state index contributed by atoms with van der Waals surface area (Å²) in [5.74, 6) is -0.825. The van der Waals surface area contributed by atoms with Gasteiger partial charge in [-0.25, -0.2) is 0 Å². The van der Waals surface area contributed by atoms with Crippen molar-refractivity contribution in [3.8, 4) is 11.8 Å². The standard InChI is InChI=1S/C18H15N5OS/c1-13-7-5-6-10-16(13)23-18(20-21-22-23)25-12-17(24)15(11-19)14-8-3-2-4-9-14/h2-10,15H,12H2,1H3. The van der Waals surface area contributed by atoms with Crippen molar-refractivity contribution in [2.45, 2.75) is 18.0 Å². The molecule has 124 valence electrons. The number of tetrazole rings is 1. The van der Waals surface area contributed by atoms with Gasteiger partial charge in [-0.15, -0.1) is 5.10 Å². The summed E-state index contributed by atoms with van der Waals surface area (Å²) in [6.45, 7) is 1.97. The lowest BCUT2D eigenvalue weighted by molar-refractivity contribution is -0.116. The normalized spacial score (nSPS) is 11.7. The molecule has 1 aromatic heterocycles. The lowest BCUT2D eigenvalue weighted by Gasteiger charge is -2.09. The first kappa shape index (κ1) is 16.9. The number of benzene rings is 2. The fourth-order valence-electron chi connectivity index (χ4n) is 2.42. The van der Waals surface area contributed by atoms with Crippen LogP contribution in [0.2, 0.25) is 0 Å². The molecule has 6 nitrogen and oxygen atoms in total. The predicted molar refractivity (Wildman–Crippen MR) is 94.4 cm³/mol. The van der Waals surface area contributed by atoms with E-state index in [-0.39, 0.29) is 11.5 Å². The average Bonchev–Trinajstić information content (AvgIpc) is 3.10. The summed E-state index contributed by atoms with van der Waals surface area (Å²) in [5.41, 5.74) is 2.60. The Bertz CT molecular complexity index is 916. The number of hydrogen-bond donors (Lipinski definition) is 0. The molecule has 3 aromatic rings. The first-order valence-corrected chi connectivity index (χ1v) is 8.63. The molecule has 0 amide bonds. The van der Waals surface area contributed by atoms with Crippen LogP contribution >= 0.6 is 11.8 Å². The van der Waals surface area contributed by atoms with E-state index in [9.17, 15) is 10.1 Å². The topological polar surface area (TPSA) is 84.5 Å². The summed E-state index contributed by atoms with van der Waals surface area (Å²) < 4.78 is 1.61. The Kier molecular flexibility index (Phi) is 5.21. The molecule has 25 heavy (non-hydrogen) atoms. The Labute approximate surface area is 149 Å². The third kappa shape index (κ3) is 3.75. The van der Waals surface area contributed by atoms with Gasteiger partial charge in [0.2, 0.25) is 5.16 Å². The third-order valence-electron chi connectivity index (χ3n) is 3.71. The van der Waals surface area contributed by atoms with Crippen LogP contribution in [0.1, 0.15) is 17.0 Å². The fourth-order valence-corrected chi connectivity index (χ4v) is 3.21. The number of rotatable bonds is 6. The average molecular weight is 349 g/mol. The molecule has 3 rings (SSSR count). The number of nitriles is 1. The van der Waals surface area contributed by atoms with Gasteiger partial charge in [-0.05, 0) is 34.5 Å². The van der Waals surface area contributed by atoms with Crippen LogP contribution in [0.4, 0.5) is 0 Å². The number of aromatic nitrogens is 4. The van der Waals surface area contributed by atoms with Gasteiger partial charge >= 0.3 is 0 Å². The van der Waals surface area contributed by atoms with Crippen molar-refractivity contribution in [1.29, 1.82) is 5.26 Å². The highest BCUT2D eigenvalue weighted by atomic mass is 32.2. The zero-order chi connectivity index (χ0) is 17.6. The Morgan fingerprint density at radius 3 is 2.64 bits per heavy atom. The van der Waals surface area contributed by atoms with Crippen LogP contribution in [-0.4, -0.2) is 31.7 Å². The molecule has 2 aromatic carbocycles. The number of carbonyl (C=O) groups excluding carboxylic acids is 1. The number of thioether (sulfide) groups is 1. The van der Waals surface area contributed by atoms with Gasteiger partial charge < -0.3 is 0 Å². The van der Waals surface area contributed by atoms with Crippen molar-refractivity contribution in [2.75, 3.05) is 5.75 Å². The smallest absolute Gasteiger partial charge is 0.214 e. The van der Waals surface area contributed by atoms with E-state index >= 15 is 0 Å². The summed E-state index contributed by atoms with van der Waals surface area (Å²) in [6.07, 6.45) is 0. The molecule has 0 radical (unpaired) electrons. The second-order valence-electron chi connectivity index (χ2n) is 5.39. The predicted octanol–water partition coefficient (Wildman–Crippen LogP) is 2.94. The first-order valence-electron chi connectivity index (χ1n) is 7.65. The maximum absolute atomic E-state index is 12.5. The van der Waals surface area contributed by atoms with Crippen molar-refractivity contribution < 1.29 is 4.79 Å². The molecule has 0 saturated carbocycles. The van der Waals surface area contributed by atoms with Crippen LogP contribution in [0.15, 0.2) is 59.8 Å². The highest BCUT2D eigenvalue weighted by Crippen LogP contribution is 2.23. The number of para-hydroxylation sites is 1. The lowest BCUT2D eigenvalue weighted by Crippen LogP contribution is -2.14. The third-order valence-corrected chi connectivity index (χ3v) is 4.65. The van der Waals surface area contributed by atoms with E-state index in [4.69, 9.17) is 0 Å². The van der Waals surface area contributed by atoms with E-state index in [1.165, 1.54) is 11.8 Å². The fraction of sp³-hybridized carbons (Fsp3) is 0.167. The molecule has 0 N–H and O–H groups in total. The minimum atomic E-state index is -0.781. The molecule has 0 saturated heterocycles.